The van der Waals surface area contributed by atoms with E-state index in [1.165, 1.54) is 7.11 Å². The second kappa shape index (κ2) is 17.1. The van der Waals surface area contributed by atoms with E-state index in [-0.39, 0.29) is 59.1 Å². The van der Waals surface area contributed by atoms with Crippen LogP contribution in [0.3, 0.4) is 0 Å². The van der Waals surface area contributed by atoms with E-state index in [2.05, 4.69) is 67.7 Å². The molecular weight excluding hydrogens is 801 g/mol. The second-order valence-electron chi connectivity index (χ2n) is 18.5. The molecule has 2 unspecified atom stereocenters. The molecule has 2 N–H and O–H groups in total. The highest BCUT2D eigenvalue weighted by molar-refractivity contribution is 6.31. The van der Waals surface area contributed by atoms with Crippen LogP contribution in [0, 0.1) is 45.8 Å². The smallest absolute Gasteiger partial charge is 0.256 e. The monoisotopic (exact) mass is 855 g/mol. The Hall–Kier alpha value is -4.86. The fraction of sp³-hybridized carbons (Fsp3) is 0.565. The van der Waals surface area contributed by atoms with Gasteiger partial charge in [-0.1, -0.05) is 51.8 Å². The van der Waals surface area contributed by atoms with Crippen LogP contribution in [-0.4, -0.2) is 120 Å². The Morgan fingerprint density at radius 2 is 1.84 bits per heavy atom. The zero-order valence-electron chi connectivity index (χ0n) is 35.8. The average molecular weight is 856 g/mol. The Kier molecular flexibility index (Phi) is 12.4. The summed E-state index contributed by atoms with van der Waals surface area (Å²) in [6.45, 7) is 17.7. The van der Waals surface area contributed by atoms with Crippen molar-refractivity contribution in [3.63, 3.8) is 0 Å². The minimum atomic E-state index is -1.14. The predicted octanol–water partition coefficient (Wildman–Crippen LogP) is 4.66. The quantitative estimate of drug-likeness (QED) is 0.175. The number of hydrogen-bond donors (Lipinski definition) is 2. The number of benzene rings is 1. The molecule has 5 aliphatic rings. The summed E-state index contributed by atoms with van der Waals surface area (Å²) in [5.41, 5.74) is 0.576. The minimum absolute atomic E-state index is 0.0410. The summed E-state index contributed by atoms with van der Waals surface area (Å²) in [5.74, 6) is 6.29. The van der Waals surface area contributed by atoms with Crippen LogP contribution in [-0.2, 0) is 25.7 Å². The van der Waals surface area contributed by atoms with Gasteiger partial charge in [0.2, 0.25) is 17.7 Å². The van der Waals surface area contributed by atoms with Crippen LogP contribution in [0.1, 0.15) is 87.6 Å². The molecule has 0 bridgehead atoms. The molecule has 4 amide bonds. The topological polar surface area (TPSA) is 157 Å². The largest absolute Gasteiger partial charge is 0.489 e. The van der Waals surface area contributed by atoms with E-state index in [0.717, 1.165) is 38.2 Å². The van der Waals surface area contributed by atoms with E-state index in [1.807, 2.05) is 21.9 Å². The number of imide groups is 1. The number of rotatable bonds is 12. The summed E-state index contributed by atoms with van der Waals surface area (Å²) in [4.78, 5) is 62.2. The summed E-state index contributed by atoms with van der Waals surface area (Å²) < 4.78 is 26.3. The third-order valence-corrected chi connectivity index (χ3v) is 14.1. The molecule has 1 aromatic carbocycles. The molecule has 324 valence electrons. The zero-order chi connectivity index (χ0) is 44.0. The second-order valence-corrected chi connectivity index (χ2v) is 18.9. The first kappa shape index (κ1) is 44.2. The van der Waals surface area contributed by atoms with Crippen molar-refractivity contribution in [2.24, 2.45) is 22.7 Å². The van der Waals surface area contributed by atoms with E-state index in [4.69, 9.17) is 26.1 Å². The Labute approximate surface area is 362 Å². The molecule has 1 aliphatic carbocycles. The standard InChI is InChI=1S/C46H55ClFN7O6/c1-27(39(57)51-35-14-15-38(56)52-40(35)58)46(6,37(21-48)60-7)54-24-29(25-54)23-53-18-16-28(17-19-53)8-10-31-11-13-33-36(50-31)26-55(41(33)59)42-44(2,3)43(45(42,4)5)61-32-12-9-30(22-49)34(47)20-32/h9,11-13,20,28-29,35,37,42-43H,1,14-19,21,23-26H2,2-7H3,(H,51,57)(H,52,56,58)/t35?,37?,42-,43-,46-/m1/s1. The van der Waals surface area contributed by atoms with Gasteiger partial charge in [0, 0.05) is 67.6 Å². The number of hydrogen-bond acceptors (Lipinski definition) is 10. The van der Waals surface area contributed by atoms with Crippen LogP contribution < -0.4 is 15.4 Å². The first-order valence-electron chi connectivity index (χ1n) is 21.0. The lowest BCUT2D eigenvalue weighted by molar-refractivity contribution is -0.199. The molecule has 3 atom stereocenters. The van der Waals surface area contributed by atoms with Gasteiger partial charge in [-0.05, 0) is 75.4 Å². The third-order valence-electron chi connectivity index (χ3n) is 13.8. The van der Waals surface area contributed by atoms with Crippen molar-refractivity contribution in [3.8, 4) is 23.7 Å². The number of nitriles is 1. The Morgan fingerprint density at radius 3 is 2.46 bits per heavy atom. The number of nitrogens with one attached hydrogen (secondary N) is 2. The van der Waals surface area contributed by atoms with Gasteiger partial charge < -0.3 is 24.6 Å². The highest BCUT2D eigenvalue weighted by Gasteiger charge is 2.67. The molecule has 3 saturated heterocycles. The zero-order valence-corrected chi connectivity index (χ0v) is 36.5. The molecule has 5 heterocycles. The maximum absolute atomic E-state index is 14.3. The van der Waals surface area contributed by atoms with E-state index >= 15 is 0 Å². The van der Waals surface area contributed by atoms with Crippen molar-refractivity contribution in [1.29, 1.82) is 5.26 Å². The summed E-state index contributed by atoms with van der Waals surface area (Å²) >= 11 is 6.29. The van der Waals surface area contributed by atoms with Crippen LogP contribution in [0.25, 0.3) is 0 Å². The van der Waals surface area contributed by atoms with Gasteiger partial charge in [-0.15, -0.1) is 0 Å². The molecule has 2 aromatic rings. The Morgan fingerprint density at radius 1 is 1.13 bits per heavy atom. The van der Waals surface area contributed by atoms with Gasteiger partial charge in [-0.3, -0.25) is 29.4 Å². The van der Waals surface area contributed by atoms with Gasteiger partial charge in [-0.2, -0.15) is 5.26 Å². The molecule has 13 nitrogen and oxygen atoms in total. The van der Waals surface area contributed by atoms with Crippen molar-refractivity contribution in [2.75, 3.05) is 46.5 Å². The van der Waals surface area contributed by atoms with Crippen LogP contribution in [0.5, 0.6) is 5.75 Å². The minimum Gasteiger partial charge on any atom is -0.489 e. The van der Waals surface area contributed by atoms with E-state index in [1.54, 1.807) is 25.1 Å². The van der Waals surface area contributed by atoms with Crippen molar-refractivity contribution in [3.05, 3.63) is 70.0 Å². The molecule has 1 aromatic heterocycles. The molecular formula is C46H55ClFN7O6. The number of alkyl halides is 1. The third kappa shape index (κ3) is 8.28. The number of likely N-dealkylation sites (tertiary alicyclic amines) is 2. The summed E-state index contributed by atoms with van der Waals surface area (Å²) in [7, 11) is 1.41. The summed E-state index contributed by atoms with van der Waals surface area (Å²) in [6.07, 6.45) is 0.978. The van der Waals surface area contributed by atoms with Gasteiger partial charge in [0.15, 0.2) is 0 Å². The van der Waals surface area contributed by atoms with E-state index in [0.29, 0.717) is 53.1 Å². The number of nitrogens with zero attached hydrogens (tertiary/aromatic N) is 5. The van der Waals surface area contributed by atoms with Crippen molar-refractivity contribution in [1.82, 2.24) is 30.3 Å². The van der Waals surface area contributed by atoms with Gasteiger partial charge in [0.1, 0.15) is 42.4 Å². The lowest BCUT2D eigenvalue weighted by Gasteiger charge is -2.65. The predicted molar refractivity (Wildman–Crippen MR) is 226 cm³/mol. The van der Waals surface area contributed by atoms with E-state index in [9.17, 15) is 28.8 Å². The lowest BCUT2D eigenvalue weighted by Crippen LogP contribution is -2.74. The molecule has 0 spiro atoms. The Balaban J connectivity index is 0.904. The van der Waals surface area contributed by atoms with Crippen molar-refractivity contribution < 1.29 is 33.0 Å². The van der Waals surface area contributed by atoms with E-state index < -0.39 is 36.2 Å². The molecule has 15 heteroatoms. The number of fused-ring (bicyclic) bond motifs is 1. The SMILES string of the molecule is C=C(C(=O)NC1CCC(=O)NC1=O)[C@](C)(C(CF)OC)N1CC(CN2CCC(C#Cc3ccc4c(n3)CN([C@H]3C(C)(C)[C@H](Oc5ccc(C#N)c(Cl)c5)C3(C)C)C4=O)CC2)C1. The number of halogens is 2. The number of methoxy groups -OCH3 is 1. The van der Waals surface area contributed by atoms with Crippen LogP contribution >= 0.6 is 11.6 Å². The van der Waals surface area contributed by atoms with Crippen LogP contribution in [0.15, 0.2) is 42.5 Å². The number of piperidine rings is 2. The normalized spacial score (nSPS) is 25.4. The Bertz CT molecular complexity index is 2200. The summed E-state index contributed by atoms with van der Waals surface area (Å²) in [6, 6.07) is 9.86. The lowest BCUT2D eigenvalue weighted by atomic mass is 9.49. The van der Waals surface area contributed by atoms with Crippen LogP contribution in [0.2, 0.25) is 5.02 Å². The highest BCUT2D eigenvalue weighted by atomic mass is 35.5. The first-order chi connectivity index (χ1) is 28.9. The molecule has 4 fully saturated rings. The van der Waals surface area contributed by atoms with Gasteiger partial charge >= 0.3 is 0 Å². The highest BCUT2D eigenvalue weighted by Crippen LogP contribution is 2.59. The molecule has 4 aliphatic heterocycles. The fourth-order valence-electron chi connectivity index (χ4n) is 10.7. The van der Waals surface area contributed by atoms with Crippen molar-refractivity contribution in [2.45, 2.75) is 96.7 Å². The number of carbonyl (C=O) groups is 4. The van der Waals surface area contributed by atoms with Crippen LogP contribution in [0.4, 0.5) is 4.39 Å². The molecule has 7 rings (SSSR count). The fourth-order valence-corrected chi connectivity index (χ4v) is 10.9. The maximum Gasteiger partial charge on any atom is 0.256 e. The number of amides is 4. The molecule has 0 radical (unpaired) electrons. The number of pyridine rings is 1. The number of ether oxygens (including phenoxy) is 2. The molecule has 61 heavy (non-hydrogen) atoms. The molecule has 1 saturated carbocycles. The number of aromatic nitrogens is 1. The van der Waals surface area contributed by atoms with Gasteiger partial charge in [0.25, 0.3) is 5.91 Å². The maximum atomic E-state index is 14.3. The summed E-state index contributed by atoms with van der Waals surface area (Å²) in [5, 5.41) is 14.5. The van der Waals surface area contributed by atoms with Gasteiger partial charge in [0.05, 0.1) is 33.9 Å². The number of carbonyl (C=O) groups excluding carboxylic acids is 4. The van der Waals surface area contributed by atoms with Crippen molar-refractivity contribution >= 4 is 35.2 Å². The first-order valence-corrected chi connectivity index (χ1v) is 21.4. The average Bonchev–Trinajstić information content (AvgIpc) is 3.52. The van der Waals surface area contributed by atoms with Gasteiger partial charge in [-0.25, -0.2) is 9.37 Å².